The molecule has 6 heteroatoms. The van der Waals surface area contributed by atoms with Crippen molar-refractivity contribution in [2.75, 3.05) is 0 Å². The first-order valence-corrected chi connectivity index (χ1v) is 12.6. The summed E-state index contributed by atoms with van der Waals surface area (Å²) in [5.74, 6) is 0.624. The average Bonchev–Trinajstić information content (AvgIpc) is 2.87. The van der Waals surface area contributed by atoms with Crippen LogP contribution in [0.1, 0.15) is 46.5 Å². The third-order valence-electron chi connectivity index (χ3n) is 8.57. The largest absolute Gasteiger partial charge is 0.393 e. The van der Waals surface area contributed by atoms with Crippen LogP contribution in [0.5, 0.6) is 0 Å². The Morgan fingerprint density at radius 2 is 2.00 bits per heavy atom. The zero-order valence-electron chi connectivity index (χ0n) is 16.5. The average molecular weight is 610 g/mol. The lowest BCUT2D eigenvalue weighted by Crippen LogP contribution is -2.62. The van der Waals surface area contributed by atoms with Gasteiger partial charge in [0.2, 0.25) is 0 Å². The van der Waals surface area contributed by atoms with Crippen LogP contribution in [0, 0.1) is 34.5 Å². The highest BCUT2D eigenvalue weighted by atomic mass is 127. The molecule has 4 rings (SSSR count). The van der Waals surface area contributed by atoms with Gasteiger partial charge in [0.25, 0.3) is 0 Å². The first-order chi connectivity index (χ1) is 13.0. The maximum absolute atomic E-state index is 13.0. The summed E-state index contributed by atoms with van der Waals surface area (Å²) in [7, 11) is 0. The first-order valence-electron chi connectivity index (χ1n) is 10.1. The summed E-state index contributed by atoms with van der Waals surface area (Å²) in [5, 5.41) is 22.9. The molecule has 0 aromatic carbocycles. The van der Waals surface area contributed by atoms with Gasteiger partial charge in [0.05, 0.1) is 6.10 Å². The van der Waals surface area contributed by atoms with Crippen LogP contribution in [0.25, 0.3) is 0 Å². The number of allylic oxidation sites excluding steroid dienone is 4. The van der Waals surface area contributed by atoms with Crippen molar-refractivity contribution in [1.82, 2.24) is 0 Å². The summed E-state index contributed by atoms with van der Waals surface area (Å²) in [4.78, 5) is 25.0. The lowest BCUT2D eigenvalue weighted by atomic mass is 9.45. The van der Waals surface area contributed by atoms with Crippen molar-refractivity contribution in [1.29, 1.82) is 0 Å². The Labute approximate surface area is 193 Å². The van der Waals surface area contributed by atoms with Gasteiger partial charge in [-0.15, -0.1) is 0 Å². The van der Waals surface area contributed by atoms with Gasteiger partial charge in [-0.1, -0.05) is 77.6 Å². The molecule has 0 saturated heterocycles. The fourth-order valence-electron chi connectivity index (χ4n) is 7.34. The molecule has 4 aliphatic carbocycles. The summed E-state index contributed by atoms with van der Waals surface area (Å²) in [6.07, 6.45) is 7.43. The first kappa shape index (κ1) is 21.4. The van der Waals surface area contributed by atoms with Gasteiger partial charge in [0, 0.05) is 16.7 Å². The highest BCUT2D eigenvalue weighted by Gasteiger charge is 2.68. The molecule has 0 radical (unpaired) electrons. The van der Waals surface area contributed by atoms with Crippen molar-refractivity contribution < 1.29 is 19.8 Å². The van der Waals surface area contributed by atoms with E-state index in [0.717, 1.165) is 18.4 Å². The molecule has 0 heterocycles. The number of aliphatic hydroxyl groups is 2. The Bertz CT molecular complexity index is 789. The minimum absolute atomic E-state index is 0.0184. The number of hydrogen-bond donors (Lipinski definition) is 2. The molecule has 0 aromatic heterocycles. The number of hydrogen-bond acceptors (Lipinski definition) is 4. The fourth-order valence-corrected chi connectivity index (χ4v) is 8.37. The molecule has 0 spiro atoms. The molecule has 28 heavy (non-hydrogen) atoms. The second-order valence-corrected chi connectivity index (χ2v) is 14.7. The van der Waals surface area contributed by atoms with Gasteiger partial charge in [0.15, 0.2) is 11.6 Å². The van der Waals surface area contributed by atoms with E-state index in [4.69, 9.17) is 0 Å². The molecule has 3 fully saturated rings. The van der Waals surface area contributed by atoms with E-state index in [-0.39, 0.29) is 42.6 Å². The zero-order chi connectivity index (χ0) is 20.6. The number of halogens is 2. The third kappa shape index (κ3) is 2.72. The van der Waals surface area contributed by atoms with E-state index in [1.807, 2.05) is 13.0 Å². The van der Waals surface area contributed by atoms with E-state index in [1.54, 1.807) is 12.2 Å². The predicted octanol–water partition coefficient (Wildman–Crippen LogP) is 4.01. The van der Waals surface area contributed by atoms with Crippen molar-refractivity contribution in [3.8, 4) is 0 Å². The molecule has 4 nitrogen and oxygen atoms in total. The highest BCUT2D eigenvalue weighted by molar-refractivity contribution is 14.2. The van der Waals surface area contributed by atoms with E-state index >= 15 is 0 Å². The summed E-state index contributed by atoms with van der Waals surface area (Å²) >= 11 is 4.16. The fraction of sp³-hybridized carbons (Fsp3) is 0.727. The summed E-state index contributed by atoms with van der Waals surface area (Å²) in [5.41, 5.74) is -1.18. The molecule has 0 amide bonds. The smallest absolute Gasteiger partial charge is 0.187 e. The maximum Gasteiger partial charge on any atom is 0.187 e. The van der Waals surface area contributed by atoms with E-state index in [2.05, 4.69) is 59.0 Å². The van der Waals surface area contributed by atoms with Gasteiger partial charge < -0.3 is 10.2 Å². The minimum Gasteiger partial charge on any atom is -0.393 e. The van der Waals surface area contributed by atoms with Crippen molar-refractivity contribution in [2.45, 2.75) is 60.1 Å². The number of carbonyl (C=O) groups excluding carboxylic acids is 2. The van der Waals surface area contributed by atoms with Crippen LogP contribution >= 0.6 is 45.2 Å². The Morgan fingerprint density at radius 3 is 2.64 bits per heavy atom. The van der Waals surface area contributed by atoms with Crippen molar-refractivity contribution in [2.24, 2.45) is 34.5 Å². The standard InChI is InChI=1S/C22H28I2O4/c1-11-8-13-14-5-7-22(28,18(27)19(23)24)21(14,3)10-16(26)17(13)20(2)6-4-12(25)9-15(11)20/h4,6,9,11,13-14,16-17,19,26,28H,5,7-8,10H2,1-3H3. The normalized spacial score (nSPS) is 50.1. The predicted molar refractivity (Wildman–Crippen MR) is 124 cm³/mol. The van der Waals surface area contributed by atoms with Crippen molar-refractivity contribution >= 4 is 56.7 Å². The molecule has 0 aromatic rings. The summed E-state index contributed by atoms with van der Waals surface area (Å²) in [6.45, 7) is 6.35. The van der Waals surface area contributed by atoms with Crippen molar-refractivity contribution in [3.05, 3.63) is 23.8 Å². The van der Waals surface area contributed by atoms with Gasteiger partial charge in [-0.05, 0) is 55.6 Å². The lowest BCUT2D eigenvalue weighted by molar-refractivity contribution is -0.176. The van der Waals surface area contributed by atoms with Gasteiger partial charge in [-0.3, -0.25) is 9.59 Å². The van der Waals surface area contributed by atoms with Crippen LogP contribution in [0.15, 0.2) is 23.8 Å². The van der Waals surface area contributed by atoms with Crippen LogP contribution in [0.2, 0.25) is 0 Å². The van der Waals surface area contributed by atoms with E-state index in [9.17, 15) is 19.8 Å². The Hall–Kier alpha value is 0.200. The Balaban J connectivity index is 1.77. The number of ketones is 2. The molecule has 8 atom stereocenters. The van der Waals surface area contributed by atoms with Crippen molar-refractivity contribution in [3.63, 3.8) is 0 Å². The monoisotopic (exact) mass is 610 g/mol. The number of rotatable bonds is 2. The minimum atomic E-state index is -1.37. The molecule has 4 aliphatic rings. The van der Waals surface area contributed by atoms with Gasteiger partial charge in [-0.25, -0.2) is 0 Å². The second-order valence-electron chi connectivity index (χ2n) is 9.80. The van der Waals surface area contributed by atoms with Gasteiger partial charge >= 0.3 is 0 Å². The van der Waals surface area contributed by atoms with E-state index in [0.29, 0.717) is 12.8 Å². The van der Waals surface area contributed by atoms with Gasteiger partial charge in [-0.2, -0.15) is 0 Å². The summed E-state index contributed by atoms with van der Waals surface area (Å²) < 4.78 is -0.282. The van der Waals surface area contributed by atoms with Crippen LogP contribution in [0.4, 0.5) is 0 Å². The quantitative estimate of drug-likeness (QED) is 0.367. The van der Waals surface area contributed by atoms with Crippen LogP contribution in [-0.4, -0.2) is 35.4 Å². The lowest BCUT2D eigenvalue weighted by Gasteiger charge is -2.60. The zero-order valence-corrected chi connectivity index (χ0v) is 20.8. The maximum atomic E-state index is 13.0. The van der Waals surface area contributed by atoms with Crippen LogP contribution in [0.3, 0.4) is 0 Å². The van der Waals surface area contributed by atoms with Crippen LogP contribution in [-0.2, 0) is 9.59 Å². The number of fused-ring (bicyclic) bond motifs is 5. The molecule has 0 aliphatic heterocycles. The topological polar surface area (TPSA) is 74.6 Å². The molecule has 3 saturated carbocycles. The third-order valence-corrected chi connectivity index (χ3v) is 9.71. The number of carbonyl (C=O) groups is 2. The highest BCUT2D eigenvalue weighted by Crippen LogP contribution is 2.68. The number of Topliss-reactive ketones (excluding diaryl/α,β-unsaturated/α-hetero) is 1. The summed E-state index contributed by atoms with van der Waals surface area (Å²) in [6, 6.07) is 0. The molecule has 8 unspecified atom stereocenters. The molecular formula is C22H28I2O4. The molecule has 0 bridgehead atoms. The Morgan fingerprint density at radius 1 is 1.32 bits per heavy atom. The Kier molecular flexibility index (Phi) is 5.25. The SMILES string of the molecule is CC1CC2C(C(O)CC3(C)C2CCC3(O)C(=O)C(I)I)C2(C)C=CC(=O)C=C12. The second kappa shape index (κ2) is 6.85. The van der Waals surface area contributed by atoms with E-state index in [1.165, 1.54) is 0 Å². The van der Waals surface area contributed by atoms with E-state index < -0.39 is 17.1 Å². The number of aliphatic hydroxyl groups excluding tert-OH is 1. The molecule has 154 valence electrons. The van der Waals surface area contributed by atoms with Crippen LogP contribution < -0.4 is 0 Å². The van der Waals surface area contributed by atoms with Gasteiger partial charge in [0.1, 0.15) is 7.53 Å². The number of alkyl halides is 2. The molecule has 2 N–H and O–H groups in total. The molecular weight excluding hydrogens is 582 g/mol.